The summed E-state index contributed by atoms with van der Waals surface area (Å²) < 4.78 is 0. The van der Waals surface area contributed by atoms with E-state index < -0.39 is 8.07 Å². The van der Waals surface area contributed by atoms with E-state index in [0.29, 0.717) is 0 Å². The summed E-state index contributed by atoms with van der Waals surface area (Å²) in [5.74, 6) is 2.30. The summed E-state index contributed by atoms with van der Waals surface area (Å²) in [7, 11) is -0.791. The van der Waals surface area contributed by atoms with Gasteiger partial charge in [-0.25, -0.2) is 0 Å². The number of hydrogen-bond donors (Lipinski definition) is 0. The zero-order valence-corrected chi connectivity index (χ0v) is 15.0. The third-order valence-electron chi connectivity index (χ3n) is 4.10. The molecule has 0 saturated heterocycles. The van der Waals surface area contributed by atoms with Crippen molar-refractivity contribution in [2.24, 2.45) is 11.8 Å². The molecule has 0 heterocycles. The molecule has 0 radical (unpaired) electrons. The van der Waals surface area contributed by atoms with E-state index in [2.05, 4.69) is 13.1 Å². The first-order chi connectivity index (χ1) is 8.66. The van der Waals surface area contributed by atoms with Gasteiger partial charge in [0, 0.05) is 8.07 Å². The highest BCUT2D eigenvalue weighted by molar-refractivity contribution is 6.77. The highest BCUT2D eigenvalue weighted by Gasteiger charge is 2.33. The average molecular weight is 271 g/mol. The molecule has 2 aliphatic carbocycles. The van der Waals surface area contributed by atoms with Gasteiger partial charge in [-0.1, -0.05) is 97.8 Å². The minimum absolute atomic E-state index is 0.791. The Morgan fingerprint density at radius 1 is 0.667 bits per heavy atom. The van der Waals surface area contributed by atoms with Crippen LogP contribution in [0.2, 0.25) is 25.2 Å². The predicted molar refractivity (Wildman–Crippen MR) is 89.1 cm³/mol. The van der Waals surface area contributed by atoms with E-state index >= 15 is 0 Å². The van der Waals surface area contributed by atoms with Crippen LogP contribution in [0.25, 0.3) is 0 Å². The third-order valence-corrected chi connectivity index (χ3v) is 7.47. The minimum atomic E-state index is -0.791. The van der Waals surface area contributed by atoms with Crippen molar-refractivity contribution in [3.05, 3.63) is 0 Å². The fourth-order valence-corrected chi connectivity index (χ4v) is 7.47. The SMILES string of the molecule is CC.CC.C[Si](C)(CC1CCCCC1)CC1CC1. The zero-order valence-electron chi connectivity index (χ0n) is 14.0. The first-order valence-corrected chi connectivity index (χ1v) is 12.1. The molecule has 0 aromatic rings. The minimum Gasteiger partial charge on any atom is -0.0693 e. The van der Waals surface area contributed by atoms with E-state index in [4.69, 9.17) is 0 Å². The van der Waals surface area contributed by atoms with Gasteiger partial charge in [-0.05, 0) is 11.8 Å². The molecule has 0 nitrogen and oxygen atoms in total. The molecule has 0 unspecified atom stereocenters. The summed E-state index contributed by atoms with van der Waals surface area (Å²) in [6.45, 7) is 13.3. The van der Waals surface area contributed by atoms with Crippen molar-refractivity contribution in [1.82, 2.24) is 0 Å². The Morgan fingerprint density at radius 2 is 1.06 bits per heavy atom. The predicted octanol–water partition coefficient (Wildman–Crippen LogP) is 6.74. The van der Waals surface area contributed by atoms with E-state index in [9.17, 15) is 0 Å². The molecule has 2 fully saturated rings. The lowest BCUT2D eigenvalue weighted by molar-refractivity contribution is 0.381. The molecule has 1 heteroatoms. The normalized spacial score (nSPS) is 20.3. The highest BCUT2D eigenvalue weighted by atomic mass is 28.3. The van der Waals surface area contributed by atoms with E-state index in [1.54, 1.807) is 37.8 Å². The number of hydrogen-bond acceptors (Lipinski definition) is 0. The molecular formula is C17H38Si. The van der Waals surface area contributed by atoms with E-state index in [1.807, 2.05) is 27.7 Å². The molecule has 0 aliphatic heterocycles. The zero-order chi connectivity index (χ0) is 14.0. The van der Waals surface area contributed by atoms with Crippen LogP contribution in [0.15, 0.2) is 0 Å². The second-order valence-corrected chi connectivity index (χ2v) is 11.7. The van der Waals surface area contributed by atoms with Gasteiger partial charge in [0.1, 0.15) is 0 Å². The molecule has 2 rings (SSSR count). The maximum atomic E-state index is 2.64. The van der Waals surface area contributed by atoms with Gasteiger partial charge in [0.05, 0.1) is 0 Å². The van der Waals surface area contributed by atoms with Crippen molar-refractivity contribution in [2.75, 3.05) is 0 Å². The maximum absolute atomic E-state index is 2.64. The van der Waals surface area contributed by atoms with Gasteiger partial charge in [0.15, 0.2) is 0 Å². The van der Waals surface area contributed by atoms with Crippen LogP contribution in [-0.4, -0.2) is 8.07 Å². The lowest BCUT2D eigenvalue weighted by Crippen LogP contribution is -2.29. The van der Waals surface area contributed by atoms with Crippen molar-refractivity contribution in [2.45, 2.75) is 97.8 Å². The molecule has 0 N–H and O–H groups in total. The molecule has 0 aromatic carbocycles. The van der Waals surface area contributed by atoms with Crippen molar-refractivity contribution >= 4 is 8.07 Å². The first-order valence-electron chi connectivity index (χ1n) is 8.66. The Kier molecular flexibility index (Phi) is 10.2. The third kappa shape index (κ3) is 8.34. The second kappa shape index (κ2) is 10.1. The molecule has 0 bridgehead atoms. The molecule has 2 saturated carbocycles. The lowest BCUT2D eigenvalue weighted by Gasteiger charge is -2.30. The van der Waals surface area contributed by atoms with Crippen molar-refractivity contribution < 1.29 is 0 Å². The first kappa shape index (κ1) is 18.2. The van der Waals surface area contributed by atoms with Crippen molar-refractivity contribution in [3.8, 4) is 0 Å². The molecule has 0 atom stereocenters. The lowest BCUT2D eigenvalue weighted by atomic mass is 9.91. The summed E-state index contributed by atoms with van der Waals surface area (Å²) in [6.07, 6.45) is 10.8. The molecule has 2 aliphatic rings. The maximum Gasteiger partial charge on any atom is 0.0479 e. The van der Waals surface area contributed by atoms with Crippen LogP contribution in [0.4, 0.5) is 0 Å². The summed E-state index contributed by atoms with van der Waals surface area (Å²) in [5, 5.41) is 0. The average Bonchev–Trinajstić information content (AvgIpc) is 3.18. The van der Waals surface area contributed by atoms with Gasteiger partial charge < -0.3 is 0 Å². The topological polar surface area (TPSA) is 0 Å². The quantitative estimate of drug-likeness (QED) is 0.496. The molecule has 110 valence electrons. The van der Waals surface area contributed by atoms with Gasteiger partial charge in [-0.3, -0.25) is 0 Å². The fourth-order valence-electron chi connectivity index (χ4n) is 3.36. The summed E-state index contributed by atoms with van der Waals surface area (Å²) >= 11 is 0. The van der Waals surface area contributed by atoms with Crippen LogP contribution in [0.3, 0.4) is 0 Å². The van der Waals surface area contributed by atoms with Gasteiger partial charge in [-0.15, -0.1) is 0 Å². The Morgan fingerprint density at radius 3 is 1.44 bits per heavy atom. The van der Waals surface area contributed by atoms with E-state index in [0.717, 1.165) is 5.92 Å². The number of rotatable bonds is 4. The Labute approximate surface area is 118 Å². The smallest absolute Gasteiger partial charge is 0.0479 e. The van der Waals surface area contributed by atoms with Crippen LogP contribution in [0.5, 0.6) is 0 Å². The Bertz CT molecular complexity index is 176. The highest BCUT2D eigenvalue weighted by Crippen LogP contribution is 2.41. The van der Waals surface area contributed by atoms with Crippen LogP contribution in [0.1, 0.15) is 72.6 Å². The fraction of sp³-hybridized carbons (Fsp3) is 1.00. The van der Waals surface area contributed by atoms with Gasteiger partial charge in [0.2, 0.25) is 0 Å². The molecule has 18 heavy (non-hydrogen) atoms. The second-order valence-electron chi connectivity index (χ2n) is 6.52. The van der Waals surface area contributed by atoms with E-state index in [-0.39, 0.29) is 0 Å². The van der Waals surface area contributed by atoms with Crippen LogP contribution < -0.4 is 0 Å². The molecule has 0 amide bonds. The van der Waals surface area contributed by atoms with Gasteiger partial charge in [-0.2, -0.15) is 0 Å². The van der Waals surface area contributed by atoms with E-state index in [1.165, 1.54) is 25.2 Å². The van der Waals surface area contributed by atoms with Crippen LogP contribution >= 0.6 is 0 Å². The standard InChI is InChI=1S/C13H26Si.2C2H6/c1-14(2,11-13-8-9-13)10-12-6-4-3-5-7-12;2*1-2/h12-13H,3-11H2,1-2H3;2*1-2H3. The Hall–Kier alpha value is 0.217. The summed E-state index contributed by atoms with van der Waals surface area (Å²) in [6, 6.07) is 3.28. The molecule has 0 aromatic heterocycles. The van der Waals surface area contributed by atoms with Gasteiger partial charge in [0.25, 0.3) is 0 Å². The van der Waals surface area contributed by atoms with Crippen molar-refractivity contribution in [3.63, 3.8) is 0 Å². The van der Waals surface area contributed by atoms with Crippen LogP contribution in [-0.2, 0) is 0 Å². The largest absolute Gasteiger partial charge is 0.0693 e. The van der Waals surface area contributed by atoms with Crippen molar-refractivity contribution in [1.29, 1.82) is 0 Å². The molecule has 0 spiro atoms. The molecular weight excluding hydrogens is 232 g/mol. The summed E-state index contributed by atoms with van der Waals surface area (Å²) in [5.41, 5.74) is 0. The summed E-state index contributed by atoms with van der Waals surface area (Å²) in [4.78, 5) is 0. The monoisotopic (exact) mass is 270 g/mol. The van der Waals surface area contributed by atoms with Crippen LogP contribution in [0, 0.1) is 11.8 Å². The Balaban J connectivity index is 0.000000659. The van der Waals surface area contributed by atoms with Gasteiger partial charge >= 0.3 is 0 Å².